The highest BCUT2D eigenvalue weighted by molar-refractivity contribution is 5.96. The van der Waals surface area contributed by atoms with E-state index in [1.54, 1.807) is 6.07 Å². The fourth-order valence-electron chi connectivity index (χ4n) is 4.70. The number of nitrogens with one attached hydrogen (secondary N) is 1. The van der Waals surface area contributed by atoms with Crippen LogP contribution in [0.5, 0.6) is 0 Å². The Morgan fingerprint density at radius 3 is 2.49 bits per heavy atom. The van der Waals surface area contributed by atoms with Crippen molar-refractivity contribution in [3.63, 3.8) is 0 Å². The number of aryl methyl sites for hydroxylation is 1. The molecule has 1 aliphatic heterocycles. The highest BCUT2D eigenvalue weighted by Gasteiger charge is 2.28. The number of hydrogen-bond acceptors (Lipinski definition) is 7. The van der Waals surface area contributed by atoms with Crippen LogP contribution < -0.4 is 10.2 Å². The molecule has 1 aliphatic rings. The summed E-state index contributed by atoms with van der Waals surface area (Å²) < 4.78 is 5.63. The molecule has 4 rings (SSSR count). The molecule has 37 heavy (non-hydrogen) atoms. The number of carbonyl (C=O) groups excluding carboxylic acids is 1. The Labute approximate surface area is 219 Å². The minimum atomic E-state index is -0.590. The Hall–Kier alpha value is -3.66. The highest BCUT2D eigenvalue weighted by Crippen LogP contribution is 2.34. The minimum absolute atomic E-state index is 0.194. The molecule has 7 nitrogen and oxygen atoms in total. The summed E-state index contributed by atoms with van der Waals surface area (Å²) in [7, 11) is 0. The summed E-state index contributed by atoms with van der Waals surface area (Å²) in [6.07, 6.45) is 2.10. The molecule has 2 heterocycles. The van der Waals surface area contributed by atoms with Gasteiger partial charge in [-0.25, -0.2) is 14.8 Å². The van der Waals surface area contributed by atoms with Crippen molar-refractivity contribution in [1.29, 1.82) is 5.26 Å². The smallest absolute Gasteiger partial charge is 0.340 e. The van der Waals surface area contributed by atoms with E-state index in [1.165, 1.54) is 0 Å². The van der Waals surface area contributed by atoms with E-state index < -0.39 is 5.60 Å². The number of anilines is 2. The summed E-state index contributed by atoms with van der Waals surface area (Å²) in [5.41, 5.74) is 3.98. The normalized spacial score (nSPS) is 16.2. The maximum absolute atomic E-state index is 12.9. The zero-order valence-electron chi connectivity index (χ0n) is 23.0. The van der Waals surface area contributed by atoms with Gasteiger partial charge in [0, 0.05) is 29.7 Å². The van der Waals surface area contributed by atoms with Gasteiger partial charge in [0.25, 0.3) is 0 Å². The third-order valence-corrected chi connectivity index (χ3v) is 6.85. The van der Waals surface area contributed by atoms with E-state index in [2.05, 4.69) is 41.2 Å². The highest BCUT2D eigenvalue weighted by atomic mass is 16.6. The van der Waals surface area contributed by atoms with Gasteiger partial charge in [0.05, 0.1) is 17.1 Å². The minimum Gasteiger partial charge on any atom is -0.456 e. The molecule has 1 saturated heterocycles. The maximum Gasteiger partial charge on any atom is 0.340 e. The predicted molar refractivity (Wildman–Crippen MR) is 148 cm³/mol. The van der Waals surface area contributed by atoms with Crippen molar-refractivity contribution in [3.05, 3.63) is 58.8 Å². The van der Waals surface area contributed by atoms with Gasteiger partial charge in [-0.1, -0.05) is 32.0 Å². The van der Waals surface area contributed by atoms with Gasteiger partial charge in [0.15, 0.2) is 5.69 Å². The summed E-state index contributed by atoms with van der Waals surface area (Å²) in [5, 5.41) is 14.2. The Balaban J connectivity index is 1.73. The lowest BCUT2D eigenvalue weighted by atomic mass is 9.83. The van der Waals surface area contributed by atoms with E-state index >= 15 is 0 Å². The SMILES string of the molecule is Cc1cc(C(C)Nc2ccccc2C(=O)OC(C)(C)C)c2nc(N3CCC(C)(C)CC3)nc(C#N)c2c1. The van der Waals surface area contributed by atoms with Gasteiger partial charge >= 0.3 is 5.97 Å². The van der Waals surface area contributed by atoms with Crippen LogP contribution >= 0.6 is 0 Å². The van der Waals surface area contributed by atoms with Gasteiger partial charge in [-0.05, 0) is 76.6 Å². The van der Waals surface area contributed by atoms with Crippen molar-refractivity contribution in [2.45, 2.75) is 73.0 Å². The van der Waals surface area contributed by atoms with E-state index in [9.17, 15) is 10.1 Å². The average Bonchev–Trinajstić information content (AvgIpc) is 2.82. The first-order valence-corrected chi connectivity index (χ1v) is 12.9. The Kier molecular flexibility index (Phi) is 7.14. The van der Waals surface area contributed by atoms with Crippen LogP contribution in [0.4, 0.5) is 11.6 Å². The number of ether oxygens (including phenoxy) is 1. The van der Waals surface area contributed by atoms with Gasteiger partial charge < -0.3 is 15.0 Å². The molecular formula is C30H37N5O2. The van der Waals surface area contributed by atoms with Crippen molar-refractivity contribution in [3.8, 4) is 6.07 Å². The van der Waals surface area contributed by atoms with Crippen LogP contribution in [0.1, 0.15) is 87.6 Å². The first-order valence-electron chi connectivity index (χ1n) is 12.9. The van der Waals surface area contributed by atoms with Crippen LogP contribution in [0.15, 0.2) is 36.4 Å². The third-order valence-electron chi connectivity index (χ3n) is 6.85. The molecule has 1 atom stereocenters. The molecule has 1 aromatic heterocycles. The summed E-state index contributed by atoms with van der Waals surface area (Å²) in [5.74, 6) is 0.229. The molecule has 1 fully saturated rings. The summed E-state index contributed by atoms with van der Waals surface area (Å²) in [4.78, 5) is 24.7. The number of piperidine rings is 1. The molecule has 0 radical (unpaired) electrons. The fraction of sp³-hybridized carbons (Fsp3) is 0.467. The first kappa shape index (κ1) is 26.4. The summed E-state index contributed by atoms with van der Waals surface area (Å²) >= 11 is 0. The Bertz CT molecular complexity index is 1360. The molecule has 3 aromatic rings. The molecular weight excluding hydrogens is 462 g/mol. The van der Waals surface area contributed by atoms with Crippen molar-refractivity contribution in [2.24, 2.45) is 5.41 Å². The zero-order chi connectivity index (χ0) is 27.0. The number of nitrogens with zero attached hydrogens (tertiary/aromatic N) is 4. The van der Waals surface area contributed by atoms with E-state index in [0.29, 0.717) is 28.3 Å². The number of hydrogen-bond donors (Lipinski definition) is 1. The quantitative estimate of drug-likeness (QED) is 0.397. The zero-order valence-corrected chi connectivity index (χ0v) is 23.0. The Morgan fingerprint density at radius 2 is 1.84 bits per heavy atom. The molecule has 0 aliphatic carbocycles. The fourth-order valence-corrected chi connectivity index (χ4v) is 4.70. The summed E-state index contributed by atoms with van der Waals surface area (Å²) in [6, 6.07) is 13.5. The van der Waals surface area contributed by atoms with Gasteiger partial charge in [-0.15, -0.1) is 0 Å². The molecule has 194 valence electrons. The third kappa shape index (κ3) is 6.02. The first-order chi connectivity index (χ1) is 17.4. The van der Waals surface area contributed by atoms with Crippen LogP contribution in [0.2, 0.25) is 0 Å². The van der Waals surface area contributed by atoms with Crippen LogP contribution in [-0.4, -0.2) is 34.6 Å². The molecule has 0 saturated carbocycles. The lowest BCUT2D eigenvalue weighted by Gasteiger charge is -2.37. The molecule has 1 unspecified atom stereocenters. The van der Waals surface area contributed by atoms with Crippen LogP contribution in [-0.2, 0) is 4.74 Å². The second kappa shape index (κ2) is 10.0. The number of fused-ring (bicyclic) bond motifs is 1. The predicted octanol–water partition coefficient (Wildman–Crippen LogP) is 6.56. The molecule has 1 N–H and O–H groups in total. The van der Waals surface area contributed by atoms with Crippen LogP contribution in [0.3, 0.4) is 0 Å². The van der Waals surface area contributed by atoms with Gasteiger partial charge in [0.2, 0.25) is 5.95 Å². The maximum atomic E-state index is 12.9. The molecule has 2 aromatic carbocycles. The number of nitriles is 1. The van der Waals surface area contributed by atoms with Gasteiger partial charge in [-0.2, -0.15) is 5.26 Å². The van der Waals surface area contributed by atoms with Crippen molar-refractivity contribution >= 4 is 28.5 Å². The number of carbonyl (C=O) groups is 1. The average molecular weight is 500 g/mol. The second-order valence-corrected chi connectivity index (χ2v) is 11.8. The van der Waals surface area contributed by atoms with Crippen molar-refractivity contribution in [2.75, 3.05) is 23.3 Å². The number of esters is 1. The van der Waals surface area contributed by atoms with E-state index in [1.807, 2.05) is 58.9 Å². The number of aromatic nitrogens is 2. The molecule has 0 bridgehead atoms. The topological polar surface area (TPSA) is 91.1 Å². The van der Waals surface area contributed by atoms with Crippen LogP contribution in [0, 0.1) is 23.7 Å². The number of para-hydroxylation sites is 1. The molecule has 0 spiro atoms. The number of rotatable bonds is 5. The summed E-state index contributed by atoms with van der Waals surface area (Å²) in [6.45, 7) is 15.9. The van der Waals surface area contributed by atoms with Crippen molar-refractivity contribution < 1.29 is 9.53 Å². The Morgan fingerprint density at radius 1 is 1.16 bits per heavy atom. The van der Waals surface area contributed by atoms with Crippen molar-refractivity contribution in [1.82, 2.24) is 9.97 Å². The van der Waals surface area contributed by atoms with E-state index in [0.717, 1.165) is 48.0 Å². The number of benzene rings is 2. The largest absolute Gasteiger partial charge is 0.456 e. The standard InChI is InChI=1S/C30H37N5O2/c1-19-16-22(20(2)32-24-11-9-8-10-21(24)27(36)37-29(3,4)5)26-23(17-19)25(18-31)33-28(34-26)35-14-12-30(6,7)13-15-35/h8-11,16-17,20,32H,12-15H2,1-7H3. The van der Waals surface area contributed by atoms with Gasteiger partial charge in [0.1, 0.15) is 11.7 Å². The molecule has 7 heteroatoms. The lowest BCUT2D eigenvalue weighted by Crippen LogP contribution is -2.38. The van der Waals surface area contributed by atoms with E-state index in [-0.39, 0.29) is 12.0 Å². The lowest BCUT2D eigenvalue weighted by molar-refractivity contribution is 0.00706. The monoisotopic (exact) mass is 499 g/mol. The van der Waals surface area contributed by atoms with Crippen LogP contribution in [0.25, 0.3) is 10.9 Å². The van der Waals surface area contributed by atoms with Gasteiger partial charge in [-0.3, -0.25) is 0 Å². The molecule has 0 amide bonds. The van der Waals surface area contributed by atoms with E-state index in [4.69, 9.17) is 9.72 Å². The second-order valence-electron chi connectivity index (χ2n) is 11.8.